The number of anilines is 2. The molecule has 0 unspecified atom stereocenters. The lowest BCUT2D eigenvalue weighted by atomic mass is 9.97. The van der Waals surface area contributed by atoms with E-state index in [0.717, 1.165) is 29.6 Å². The third-order valence-corrected chi connectivity index (χ3v) is 7.21. The largest absolute Gasteiger partial charge is 0.444 e. The number of hydrogen-bond donors (Lipinski definition) is 0. The molecule has 0 atom stereocenters. The second kappa shape index (κ2) is 9.44. The maximum atomic E-state index is 12.3. The Morgan fingerprint density at radius 3 is 2.40 bits per heavy atom. The van der Waals surface area contributed by atoms with E-state index in [0.29, 0.717) is 31.4 Å². The van der Waals surface area contributed by atoms with Gasteiger partial charge in [-0.05, 0) is 63.8 Å². The average Bonchev–Trinajstić information content (AvgIpc) is 3.20. The molecule has 2 aromatic heterocycles. The third kappa shape index (κ3) is 5.72. The number of carbonyl (C=O) groups excluding carboxylic acids is 1. The highest BCUT2D eigenvalue weighted by molar-refractivity contribution is 7.90. The first-order chi connectivity index (χ1) is 16.4. The van der Waals surface area contributed by atoms with Crippen LogP contribution in [0.5, 0.6) is 0 Å². The van der Waals surface area contributed by atoms with Gasteiger partial charge < -0.3 is 14.5 Å². The quantitative estimate of drug-likeness (QED) is 0.522. The molecular formula is C24H32N6O4S. The van der Waals surface area contributed by atoms with Crippen molar-refractivity contribution in [1.82, 2.24) is 24.6 Å². The van der Waals surface area contributed by atoms with Gasteiger partial charge in [0.2, 0.25) is 0 Å². The van der Waals surface area contributed by atoms with Gasteiger partial charge in [0.1, 0.15) is 17.7 Å². The molecule has 0 saturated carbocycles. The van der Waals surface area contributed by atoms with Gasteiger partial charge in [0.15, 0.2) is 15.5 Å². The molecule has 3 aromatic rings. The van der Waals surface area contributed by atoms with E-state index < -0.39 is 15.4 Å². The number of nitrogens with zero attached hydrogens (tertiary/aromatic N) is 6. The van der Waals surface area contributed by atoms with Crippen LogP contribution in [0.3, 0.4) is 0 Å². The van der Waals surface area contributed by atoms with E-state index in [9.17, 15) is 13.2 Å². The van der Waals surface area contributed by atoms with E-state index in [-0.39, 0.29) is 11.0 Å². The van der Waals surface area contributed by atoms with Crippen LogP contribution in [0.25, 0.3) is 11.0 Å². The van der Waals surface area contributed by atoms with E-state index in [1.54, 1.807) is 35.4 Å². The van der Waals surface area contributed by atoms with Crippen molar-refractivity contribution in [2.45, 2.75) is 50.7 Å². The predicted octanol–water partition coefficient (Wildman–Crippen LogP) is 3.64. The highest BCUT2D eigenvalue weighted by Gasteiger charge is 2.27. The number of rotatable bonds is 5. The minimum absolute atomic E-state index is 0.259. The van der Waals surface area contributed by atoms with Crippen molar-refractivity contribution in [2.75, 3.05) is 31.3 Å². The van der Waals surface area contributed by atoms with E-state index in [4.69, 9.17) is 4.74 Å². The van der Waals surface area contributed by atoms with Gasteiger partial charge in [-0.1, -0.05) is 0 Å². The number of hydrogen-bond acceptors (Lipinski definition) is 8. The summed E-state index contributed by atoms with van der Waals surface area (Å²) in [6.45, 7) is 7.64. The molecule has 4 rings (SSSR count). The molecule has 1 saturated heterocycles. The van der Waals surface area contributed by atoms with Crippen LogP contribution in [-0.2, 0) is 21.1 Å². The van der Waals surface area contributed by atoms with Crippen molar-refractivity contribution < 1.29 is 17.9 Å². The summed E-state index contributed by atoms with van der Waals surface area (Å²) in [5, 5.41) is 5.39. The minimum Gasteiger partial charge on any atom is -0.444 e. The van der Waals surface area contributed by atoms with Gasteiger partial charge >= 0.3 is 6.09 Å². The highest BCUT2D eigenvalue weighted by Crippen LogP contribution is 2.29. The Morgan fingerprint density at radius 2 is 1.80 bits per heavy atom. The van der Waals surface area contributed by atoms with Crippen LogP contribution in [0.15, 0.2) is 41.7 Å². The Labute approximate surface area is 205 Å². The van der Waals surface area contributed by atoms with Crippen LogP contribution in [0.4, 0.5) is 16.3 Å². The van der Waals surface area contributed by atoms with Gasteiger partial charge in [0, 0.05) is 38.6 Å². The molecular weight excluding hydrogens is 468 g/mol. The summed E-state index contributed by atoms with van der Waals surface area (Å²) in [6, 6.07) is 6.69. The maximum absolute atomic E-state index is 12.3. The Morgan fingerprint density at radius 1 is 1.14 bits per heavy atom. The van der Waals surface area contributed by atoms with Crippen molar-refractivity contribution in [2.24, 2.45) is 5.92 Å². The standard InChI is InChI=1S/C24H32N6O4S/c1-24(2,3)34-23(31)29-12-10-17(11-13-29)15-30-22-20(14-27-30)21(25-16-26-22)28(4)18-6-8-19(9-7-18)35(5,32)33/h6-9,14,16-17H,10-13,15H2,1-5H3. The molecule has 1 aliphatic heterocycles. The van der Waals surface area contributed by atoms with Crippen LogP contribution in [0.2, 0.25) is 0 Å². The average molecular weight is 501 g/mol. The van der Waals surface area contributed by atoms with Crippen LogP contribution in [0, 0.1) is 5.92 Å². The van der Waals surface area contributed by atoms with Crippen LogP contribution in [0.1, 0.15) is 33.6 Å². The molecule has 1 aliphatic rings. The number of likely N-dealkylation sites (tertiary alicyclic amines) is 1. The van der Waals surface area contributed by atoms with Gasteiger partial charge in [-0.15, -0.1) is 0 Å². The molecule has 3 heterocycles. The third-order valence-electron chi connectivity index (χ3n) is 6.08. The number of piperidine rings is 1. The lowest BCUT2D eigenvalue weighted by Gasteiger charge is -2.33. The Kier molecular flexibility index (Phi) is 6.72. The molecule has 10 nitrogen and oxygen atoms in total. The van der Waals surface area contributed by atoms with Crippen molar-refractivity contribution in [3.63, 3.8) is 0 Å². The molecule has 35 heavy (non-hydrogen) atoms. The monoisotopic (exact) mass is 500 g/mol. The number of amides is 1. The zero-order valence-electron chi connectivity index (χ0n) is 20.8. The number of ether oxygens (including phenoxy) is 1. The molecule has 0 bridgehead atoms. The highest BCUT2D eigenvalue weighted by atomic mass is 32.2. The molecule has 11 heteroatoms. The molecule has 0 radical (unpaired) electrons. The molecule has 1 aromatic carbocycles. The summed E-state index contributed by atoms with van der Waals surface area (Å²) >= 11 is 0. The van der Waals surface area contributed by atoms with Crippen LogP contribution < -0.4 is 4.90 Å². The smallest absolute Gasteiger partial charge is 0.410 e. The van der Waals surface area contributed by atoms with E-state index in [1.165, 1.54) is 12.6 Å². The number of aromatic nitrogens is 4. The van der Waals surface area contributed by atoms with E-state index in [1.807, 2.05) is 37.4 Å². The summed E-state index contributed by atoms with van der Waals surface area (Å²) < 4.78 is 30.9. The molecule has 0 N–H and O–H groups in total. The fourth-order valence-electron chi connectivity index (χ4n) is 4.19. The SMILES string of the molecule is CN(c1ccc(S(C)(=O)=O)cc1)c1ncnc2c1cnn2CC1CCN(C(=O)OC(C)(C)C)CC1. The Balaban J connectivity index is 1.46. The Hall–Kier alpha value is -3.21. The normalized spacial score (nSPS) is 15.4. The lowest BCUT2D eigenvalue weighted by Crippen LogP contribution is -2.42. The van der Waals surface area contributed by atoms with E-state index >= 15 is 0 Å². The molecule has 0 spiro atoms. The number of fused-ring (bicyclic) bond motifs is 1. The molecule has 1 fully saturated rings. The summed E-state index contributed by atoms with van der Waals surface area (Å²) in [5.74, 6) is 1.06. The second-order valence-corrected chi connectivity index (χ2v) is 12.0. The topological polar surface area (TPSA) is 111 Å². The van der Waals surface area contributed by atoms with Gasteiger partial charge in [-0.3, -0.25) is 0 Å². The minimum atomic E-state index is -3.26. The summed E-state index contributed by atoms with van der Waals surface area (Å²) in [6.07, 6.45) is 5.95. The van der Waals surface area contributed by atoms with Crippen LogP contribution in [-0.4, -0.2) is 71.2 Å². The van der Waals surface area contributed by atoms with E-state index in [2.05, 4.69) is 15.1 Å². The lowest BCUT2D eigenvalue weighted by molar-refractivity contribution is 0.0177. The summed E-state index contributed by atoms with van der Waals surface area (Å²) in [7, 11) is -1.38. The fourth-order valence-corrected chi connectivity index (χ4v) is 4.82. The number of benzene rings is 1. The first-order valence-electron chi connectivity index (χ1n) is 11.6. The zero-order chi connectivity index (χ0) is 25.4. The molecule has 0 aliphatic carbocycles. The first kappa shape index (κ1) is 24.9. The summed E-state index contributed by atoms with van der Waals surface area (Å²) in [5.41, 5.74) is 1.05. The fraction of sp³-hybridized carbons (Fsp3) is 0.500. The Bertz CT molecular complexity index is 1310. The van der Waals surface area contributed by atoms with Crippen molar-refractivity contribution in [3.05, 3.63) is 36.8 Å². The summed E-state index contributed by atoms with van der Waals surface area (Å²) in [4.78, 5) is 25.2. The predicted molar refractivity (Wildman–Crippen MR) is 133 cm³/mol. The van der Waals surface area contributed by atoms with Crippen molar-refractivity contribution >= 4 is 38.5 Å². The van der Waals surface area contributed by atoms with Gasteiger partial charge in [0.05, 0.1) is 16.5 Å². The first-order valence-corrected chi connectivity index (χ1v) is 13.5. The number of carbonyl (C=O) groups is 1. The second-order valence-electron chi connectivity index (χ2n) is 10.00. The van der Waals surface area contributed by atoms with Crippen molar-refractivity contribution in [3.8, 4) is 0 Å². The maximum Gasteiger partial charge on any atom is 0.410 e. The molecule has 188 valence electrons. The van der Waals surface area contributed by atoms with Gasteiger partial charge in [-0.2, -0.15) is 5.10 Å². The van der Waals surface area contributed by atoms with Crippen molar-refractivity contribution in [1.29, 1.82) is 0 Å². The van der Waals surface area contributed by atoms with Gasteiger partial charge in [-0.25, -0.2) is 27.9 Å². The zero-order valence-corrected chi connectivity index (χ0v) is 21.6. The number of sulfone groups is 1. The van der Waals surface area contributed by atoms with Crippen LogP contribution >= 0.6 is 0 Å². The molecule has 1 amide bonds. The van der Waals surface area contributed by atoms with Gasteiger partial charge in [0.25, 0.3) is 0 Å².